The second-order valence-corrected chi connectivity index (χ2v) is 8.64. The normalized spacial score (nSPS) is 21.8. The fourth-order valence-corrected chi connectivity index (χ4v) is 4.41. The monoisotopic (exact) mass is 426 g/mol. The number of anilines is 1. The fraction of sp³-hybridized carbons (Fsp3) is 0.682. The van der Waals surface area contributed by atoms with Crippen LogP contribution in [-0.4, -0.2) is 73.6 Å². The number of hydrogen-bond donors (Lipinski definition) is 1. The Hall–Kier alpha value is -1.80. The number of nitrogens with zero attached hydrogens (tertiary/aromatic N) is 3. The molecule has 1 aromatic carbocycles. The van der Waals surface area contributed by atoms with E-state index in [1.807, 2.05) is 18.7 Å². The molecule has 2 aliphatic heterocycles. The molecule has 0 aliphatic carbocycles. The minimum Gasteiger partial charge on any atom is -0.369 e. The van der Waals surface area contributed by atoms with Crippen LogP contribution in [0.5, 0.6) is 0 Å². The van der Waals surface area contributed by atoms with Gasteiger partial charge in [0, 0.05) is 63.5 Å². The molecule has 5 nitrogen and oxygen atoms in total. The van der Waals surface area contributed by atoms with Gasteiger partial charge in [0.15, 0.2) is 0 Å². The molecule has 2 saturated heterocycles. The topological polar surface area (TPSA) is 38.8 Å². The predicted octanol–water partition coefficient (Wildman–Crippen LogP) is 3.21. The zero-order valence-electron chi connectivity index (χ0n) is 17.9. The van der Waals surface area contributed by atoms with Gasteiger partial charge >= 0.3 is 6.18 Å². The first-order valence-electron chi connectivity index (χ1n) is 10.9. The molecule has 1 unspecified atom stereocenters. The lowest BCUT2D eigenvalue weighted by Gasteiger charge is -2.44. The maximum absolute atomic E-state index is 13.0. The van der Waals surface area contributed by atoms with E-state index in [1.165, 1.54) is 12.1 Å². The van der Waals surface area contributed by atoms with Gasteiger partial charge in [0.1, 0.15) is 0 Å². The highest BCUT2D eigenvalue weighted by molar-refractivity contribution is 5.76. The van der Waals surface area contributed by atoms with Gasteiger partial charge in [-0.1, -0.05) is 6.07 Å². The van der Waals surface area contributed by atoms with Crippen LogP contribution in [0, 0.1) is 0 Å². The van der Waals surface area contributed by atoms with Gasteiger partial charge in [-0.05, 0) is 51.4 Å². The van der Waals surface area contributed by atoms with Crippen LogP contribution in [0.15, 0.2) is 24.3 Å². The van der Waals surface area contributed by atoms with E-state index in [0.717, 1.165) is 64.7 Å². The number of piperazine rings is 1. The summed E-state index contributed by atoms with van der Waals surface area (Å²) in [5, 5.41) is 2.94. The number of carbonyl (C=O) groups is 1. The van der Waals surface area contributed by atoms with Crippen LogP contribution in [-0.2, 0) is 11.0 Å². The quantitative estimate of drug-likeness (QED) is 0.758. The summed E-state index contributed by atoms with van der Waals surface area (Å²) >= 11 is 0. The fourth-order valence-electron chi connectivity index (χ4n) is 4.41. The predicted molar refractivity (Wildman–Crippen MR) is 113 cm³/mol. The van der Waals surface area contributed by atoms with E-state index in [-0.39, 0.29) is 11.9 Å². The van der Waals surface area contributed by atoms with E-state index >= 15 is 0 Å². The van der Waals surface area contributed by atoms with Crippen LogP contribution in [0.4, 0.5) is 18.9 Å². The minimum absolute atomic E-state index is 0.0989. The van der Waals surface area contributed by atoms with Crippen molar-refractivity contribution in [2.45, 2.75) is 51.4 Å². The highest BCUT2D eigenvalue weighted by Crippen LogP contribution is 2.32. The number of alkyl halides is 3. The van der Waals surface area contributed by atoms with Crippen LogP contribution >= 0.6 is 0 Å². The van der Waals surface area contributed by atoms with Crippen LogP contribution < -0.4 is 10.2 Å². The first-order valence-corrected chi connectivity index (χ1v) is 10.9. The van der Waals surface area contributed by atoms with E-state index in [9.17, 15) is 18.0 Å². The van der Waals surface area contributed by atoms with Crippen molar-refractivity contribution >= 4 is 11.6 Å². The molecule has 1 atom stereocenters. The standard InChI is InChI=1S/C22H33F3N4O/c1-17(2)26-21(30)8-10-27-9-4-7-20(16-27)29-13-11-28(12-14-29)19-6-3-5-18(15-19)22(23,24)25/h3,5-6,15,17,20H,4,7-14,16H2,1-2H3,(H,26,30). The van der Waals surface area contributed by atoms with Crippen molar-refractivity contribution in [2.24, 2.45) is 0 Å². The second kappa shape index (κ2) is 10.0. The van der Waals surface area contributed by atoms with Crippen molar-refractivity contribution < 1.29 is 18.0 Å². The second-order valence-electron chi connectivity index (χ2n) is 8.64. The highest BCUT2D eigenvalue weighted by atomic mass is 19.4. The van der Waals surface area contributed by atoms with Gasteiger partial charge in [0.25, 0.3) is 0 Å². The molecule has 0 spiro atoms. The molecular weight excluding hydrogens is 393 g/mol. The lowest BCUT2D eigenvalue weighted by atomic mass is 10.0. The number of amides is 1. The third kappa shape index (κ3) is 6.35. The van der Waals surface area contributed by atoms with Gasteiger partial charge in [-0.3, -0.25) is 9.69 Å². The van der Waals surface area contributed by atoms with Crippen molar-refractivity contribution in [1.29, 1.82) is 0 Å². The van der Waals surface area contributed by atoms with Crippen LogP contribution in [0.25, 0.3) is 0 Å². The summed E-state index contributed by atoms with van der Waals surface area (Å²) in [5.74, 6) is 0.0989. The number of piperidine rings is 1. The maximum atomic E-state index is 13.0. The Kier molecular flexibility index (Phi) is 7.63. The molecule has 2 heterocycles. The molecular formula is C22H33F3N4O. The molecule has 0 bridgehead atoms. The van der Waals surface area contributed by atoms with Gasteiger partial charge in [0.2, 0.25) is 5.91 Å². The summed E-state index contributed by atoms with van der Waals surface area (Å²) in [5.41, 5.74) is 0.0535. The lowest BCUT2D eigenvalue weighted by molar-refractivity contribution is -0.137. The first-order chi connectivity index (χ1) is 14.2. The number of hydrogen-bond acceptors (Lipinski definition) is 4. The van der Waals surface area contributed by atoms with Crippen molar-refractivity contribution in [3.05, 3.63) is 29.8 Å². The minimum atomic E-state index is -4.31. The Morgan fingerprint density at radius 1 is 1.17 bits per heavy atom. The number of nitrogens with one attached hydrogen (secondary N) is 1. The van der Waals surface area contributed by atoms with Gasteiger partial charge < -0.3 is 15.1 Å². The summed E-state index contributed by atoms with van der Waals surface area (Å²) in [4.78, 5) is 18.8. The Morgan fingerprint density at radius 2 is 1.90 bits per heavy atom. The zero-order valence-corrected chi connectivity index (χ0v) is 17.9. The maximum Gasteiger partial charge on any atom is 0.416 e. The zero-order chi connectivity index (χ0) is 21.7. The van der Waals surface area contributed by atoms with Gasteiger partial charge in [-0.15, -0.1) is 0 Å². The van der Waals surface area contributed by atoms with Crippen LogP contribution in [0.1, 0.15) is 38.7 Å². The molecule has 0 aromatic heterocycles. The van der Waals surface area contributed by atoms with E-state index in [1.54, 1.807) is 6.07 Å². The smallest absolute Gasteiger partial charge is 0.369 e. The highest BCUT2D eigenvalue weighted by Gasteiger charge is 2.32. The van der Waals surface area contributed by atoms with E-state index < -0.39 is 11.7 Å². The van der Waals surface area contributed by atoms with E-state index in [0.29, 0.717) is 18.2 Å². The largest absolute Gasteiger partial charge is 0.416 e. The summed E-state index contributed by atoms with van der Waals surface area (Å²) in [6.07, 6.45) is -1.54. The number of likely N-dealkylation sites (tertiary alicyclic amines) is 1. The Labute approximate surface area is 177 Å². The Morgan fingerprint density at radius 3 is 2.57 bits per heavy atom. The van der Waals surface area contributed by atoms with Crippen molar-refractivity contribution in [2.75, 3.05) is 50.7 Å². The molecule has 2 aliphatic rings. The number of rotatable bonds is 6. The number of carbonyl (C=O) groups excluding carboxylic acids is 1. The third-order valence-electron chi connectivity index (χ3n) is 5.95. The van der Waals surface area contributed by atoms with Crippen LogP contribution in [0.3, 0.4) is 0 Å². The summed E-state index contributed by atoms with van der Waals surface area (Å²) in [6.45, 7) is 9.85. The average molecular weight is 427 g/mol. The van der Waals surface area contributed by atoms with Crippen molar-refractivity contribution in [3.8, 4) is 0 Å². The molecule has 2 fully saturated rings. The molecule has 0 radical (unpaired) electrons. The van der Waals surface area contributed by atoms with Gasteiger partial charge in [-0.25, -0.2) is 0 Å². The number of benzene rings is 1. The third-order valence-corrected chi connectivity index (χ3v) is 5.95. The molecule has 1 aromatic rings. The molecule has 8 heteroatoms. The number of halogens is 3. The SMILES string of the molecule is CC(C)NC(=O)CCN1CCCC(N2CCN(c3cccc(C(F)(F)F)c3)CC2)C1. The lowest BCUT2D eigenvalue weighted by Crippen LogP contribution is -2.55. The molecule has 3 rings (SSSR count). The molecule has 0 saturated carbocycles. The molecule has 1 N–H and O–H groups in total. The van der Waals surface area contributed by atoms with E-state index in [2.05, 4.69) is 15.1 Å². The van der Waals surface area contributed by atoms with E-state index in [4.69, 9.17) is 0 Å². The molecule has 1 amide bonds. The van der Waals surface area contributed by atoms with Crippen molar-refractivity contribution in [1.82, 2.24) is 15.1 Å². The summed E-state index contributed by atoms with van der Waals surface area (Å²) in [6, 6.07) is 6.24. The van der Waals surface area contributed by atoms with Gasteiger partial charge in [0.05, 0.1) is 5.56 Å². The first kappa shape index (κ1) is 22.9. The average Bonchev–Trinajstić information content (AvgIpc) is 2.72. The van der Waals surface area contributed by atoms with Gasteiger partial charge in [-0.2, -0.15) is 13.2 Å². The Bertz CT molecular complexity index is 702. The Balaban J connectivity index is 1.48. The van der Waals surface area contributed by atoms with Crippen molar-refractivity contribution in [3.63, 3.8) is 0 Å². The molecule has 30 heavy (non-hydrogen) atoms. The summed E-state index contributed by atoms with van der Waals surface area (Å²) in [7, 11) is 0. The van der Waals surface area contributed by atoms with Crippen LogP contribution in [0.2, 0.25) is 0 Å². The summed E-state index contributed by atoms with van der Waals surface area (Å²) < 4.78 is 39.0. The molecule has 168 valence electrons.